The minimum atomic E-state index is -0.255. The standard InChI is InChI=1S/C15H21N3O2S.ClH/c1-16-7-8-17-15(20)11-9-14(19)18(10-11)12-3-5-13(21-2)6-4-12;/h3-6,11,16H,7-10H2,1-2H3,(H,17,20);1H. The Balaban J connectivity index is 0.00000242. The normalized spacial score (nSPS) is 17.3. The van der Waals surface area contributed by atoms with Gasteiger partial charge in [0.25, 0.3) is 0 Å². The van der Waals surface area contributed by atoms with E-state index >= 15 is 0 Å². The lowest BCUT2D eigenvalue weighted by atomic mass is 10.1. The molecule has 0 aliphatic carbocycles. The molecule has 1 aromatic rings. The van der Waals surface area contributed by atoms with E-state index in [-0.39, 0.29) is 36.6 Å². The highest BCUT2D eigenvalue weighted by molar-refractivity contribution is 7.98. The van der Waals surface area contributed by atoms with Gasteiger partial charge in [0.05, 0.1) is 5.92 Å². The number of amides is 2. The molecule has 1 heterocycles. The fraction of sp³-hybridized carbons (Fsp3) is 0.467. The lowest BCUT2D eigenvalue weighted by Crippen LogP contribution is -2.36. The number of thioether (sulfide) groups is 1. The van der Waals surface area contributed by atoms with Gasteiger partial charge in [-0.3, -0.25) is 9.59 Å². The van der Waals surface area contributed by atoms with Gasteiger partial charge in [-0.05, 0) is 37.6 Å². The van der Waals surface area contributed by atoms with Gasteiger partial charge in [-0.1, -0.05) is 0 Å². The summed E-state index contributed by atoms with van der Waals surface area (Å²) in [5, 5.41) is 5.83. The molecule has 1 fully saturated rings. The van der Waals surface area contributed by atoms with Gasteiger partial charge in [-0.25, -0.2) is 0 Å². The van der Waals surface area contributed by atoms with E-state index in [0.717, 1.165) is 17.1 Å². The fourth-order valence-corrected chi connectivity index (χ4v) is 2.76. The topological polar surface area (TPSA) is 61.4 Å². The Morgan fingerprint density at radius 1 is 1.32 bits per heavy atom. The first-order valence-corrected chi connectivity index (χ1v) is 8.25. The van der Waals surface area contributed by atoms with Crippen LogP contribution in [0.2, 0.25) is 0 Å². The molecule has 1 aromatic carbocycles. The summed E-state index contributed by atoms with van der Waals surface area (Å²) >= 11 is 1.66. The van der Waals surface area contributed by atoms with Gasteiger partial charge in [0, 0.05) is 36.6 Å². The second-order valence-electron chi connectivity index (χ2n) is 5.00. The zero-order valence-electron chi connectivity index (χ0n) is 12.8. The smallest absolute Gasteiger partial charge is 0.227 e. The van der Waals surface area contributed by atoms with E-state index in [1.807, 2.05) is 37.6 Å². The van der Waals surface area contributed by atoms with E-state index in [9.17, 15) is 9.59 Å². The monoisotopic (exact) mass is 343 g/mol. The number of benzene rings is 1. The number of nitrogens with zero attached hydrogens (tertiary/aromatic N) is 1. The van der Waals surface area contributed by atoms with Crippen LogP contribution in [0.15, 0.2) is 29.2 Å². The van der Waals surface area contributed by atoms with E-state index in [1.54, 1.807) is 16.7 Å². The van der Waals surface area contributed by atoms with E-state index in [0.29, 0.717) is 13.1 Å². The SMILES string of the molecule is CNCCNC(=O)C1CC(=O)N(c2ccc(SC)cc2)C1.Cl. The number of hydrogen-bond acceptors (Lipinski definition) is 4. The van der Waals surface area contributed by atoms with Crippen molar-refractivity contribution in [3.63, 3.8) is 0 Å². The van der Waals surface area contributed by atoms with Gasteiger partial charge < -0.3 is 15.5 Å². The van der Waals surface area contributed by atoms with E-state index in [2.05, 4.69) is 10.6 Å². The van der Waals surface area contributed by atoms with Crippen molar-refractivity contribution in [2.45, 2.75) is 11.3 Å². The quantitative estimate of drug-likeness (QED) is 0.607. The maximum absolute atomic E-state index is 12.1. The Bertz CT molecular complexity index is 510. The molecule has 0 bridgehead atoms. The zero-order valence-corrected chi connectivity index (χ0v) is 14.4. The van der Waals surface area contributed by atoms with Gasteiger partial charge >= 0.3 is 0 Å². The molecule has 5 nitrogen and oxygen atoms in total. The first-order valence-electron chi connectivity index (χ1n) is 7.02. The second kappa shape index (κ2) is 9.02. The summed E-state index contributed by atoms with van der Waals surface area (Å²) in [5.74, 6) is -0.280. The predicted octanol–water partition coefficient (Wildman–Crippen LogP) is 1.52. The number of carbonyl (C=O) groups excluding carboxylic acids is 2. The summed E-state index contributed by atoms with van der Waals surface area (Å²) in [6, 6.07) is 7.86. The fourth-order valence-electron chi connectivity index (χ4n) is 2.35. The van der Waals surface area contributed by atoms with Crippen LogP contribution in [-0.4, -0.2) is 44.8 Å². The van der Waals surface area contributed by atoms with Crippen LogP contribution >= 0.6 is 24.2 Å². The van der Waals surface area contributed by atoms with Crippen LogP contribution in [0.1, 0.15) is 6.42 Å². The molecular formula is C15H22ClN3O2S. The molecule has 1 saturated heterocycles. The minimum Gasteiger partial charge on any atom is -0.355 e. The van der Waals surface area contributed by atoms with Gasteiger partial charge in [-0.15, -0.1) is 24.2 Å². The van der Waals surface area contributed by atoms with Crippen LogP contribution < -0.4 is 15.5 Å². The van der Waals surface area contributed by atoms with Crippen LogP contribution in [0.25, 0.3) is 0 Å². The number of anilines is 1. The molecule has 0 aromatic heterocycles. The molecule has 1 aliphatic rings. The van der Waals surface area contributed by atoms with Crippen LogP contribution in [-0.2, 0) is 9.59 Å². The Morgan fingerprint density at radius 3 is 2.59 bits per heavy atom. The highest BCUT2D eigenvalue weighted by Crippen LogP contribution is 2.27. The minimum absolute atomic E-state index is 0. The van der Waals surface area contributed by atoms with Crippen molar-refractivity contribution >= 4 is 41.7 Å². The van der Waals surface area contributed by atoms with Crippen LogP contribution in [0.3, 0.4) is 0 Å². The summed E-state index contributed by atoms with van der Waals surface area (Å²) in [7, 11) is 1.84. The summed E-state index contributed by atoms with van der Waals surface area (Å²) < 4.78 is 0. The number of nitrogens with one attached hydrogen (secondary N) is 2. The highest BCUT2D eigenvalue weighted by Gasteiger charge is 2.34. The third-order valence-corrected chi connectivity index (χ3v) is 4.30. The molecular weight excluding hydrogens is 322 g/mol. The molecule has 2 amide bonds. The summed E-state index contributed by atoms with van der Waals surface area (Å²) in [6.07, 6.45) is 2.30. The molecule has 0 saturated carbocycles. The van der Waals surface area contributed by atoms with Crippen molar-refractivity contribution in [2.75, 3.05) is 37.8 Å². The van der Waals surface area contributed by atoms with E-state index in [1.165, 1.54) is 0 Å². The second-order valence-corrected chi connectivity index (χ2v) is 5.88. The van der Waals surface area contributed by atoms with Crippen LogP contribution in [0.4, 0.5) is 5.69 Å². The lowest BCUT2D eigenvalue weighted by molar-refractivity contribution is -0.126. The van der Waals surface area contributed by atoms with Gasteiger partial charge in [-0.2, -0.15) is 0 Å². The molecule has 1 atom stereocenters. The molecule has 22 heavy (non-hydrogen) atoms. The average molecular weight is 344 g/mol. The molecule has 7 heteroatoms. The molecule has 2 N–H and O–H groups in total. The summed E-state index contributed by atoms with van der Waals surface area (Å²) in [6.45, 7) is 1.78. The number of carbonyl (C=O) groups is 2. The number of hydrogen-bond donors (Lipinski definition) is 2. The van der Waals surface area contributed by atoms with Crippen LogP contribution in [0.5, 0.6) is 0 Å². The molecule has 1 aliphatic heterocycles. The Labute approximate surface area is 141 Å². The Hall–Kier alpha value is -1.24. The molecule has 0 spiro atoms. The van der Waals surface area contributed by atoms with Crippen molar-refractivity contribution in [1.82, 2.24) is 10.6 Å². The lowest BCUT2D eigenvalue weighted by Gasteiger charge is -2.17. The average Bonchev–Trinajstić information content (AvgIpc) is 2.89. The first kappa shape index (κ1) is 18.8. The molecule has 1 unspecified atom stereocenters. The van der Waals surface area contributed by atoms with Crippen LogP contribution in [0, 0.1) is 5.92 Å². The summed E-state index contributed by atoms with van der Waals surface area (Å²) in [4.78, 5) is 27.0. The summed E-state index contributed by atoms with van der Waals surface area (Å²) in [5.41, 5.74) is 0.864. The van der Waals surface area contributed by atoms with Crippen molar-refractivity contribution in [3.05, 3.63) is 24.3 Å². The van der Waals surface area contributed by atoms with Crippen molar-refractivity contribution in [2.24, 2.45) is 5.92 Å². The zero-order chi connectivity index (χ0) is 15.2. The van der Waals surface area contributed by atoms with E-state index < -0.39 is 0 Å². The van der Waals surface area contributed by atoms with Crippen molar-refractivity contribution in [3.8, 4) is 0 Å². The van der Waals surface area contributed by atoms with Crippen molar-refractivity contribution in [1.29, 1.82) is 0 Å². The van der Waals surface area contributed by atoms with Gasteiger partial charge in [0.15, 0.2) is 0 Å². The highest BCUT2D eigenvalue weighted by atomic mass is 35.5. The van der Waals surface area contributed by atoms with Gasteiger partial charge in [0.2, 0.25) is 11.8 Å². The molecule has 2 rings (SSSR count). The third-order valence-electron chi connectivity index (χ3n) is 3.55. The maximum atomic E-state index is 12.1. The maximum Gasteiger partial charge on any atom is 0.227 e. The predicted molar refractivity (Wildman–Crippen MR) is 92.9 cm³/mol. The number of halogens is 1. The number of likely N-dealkylation sites (N-methyl/N-ethyl adjacent to an activating group) is 1. The third kappa shape index (κ3) is 4.63. The largest absolute Gasteiger partial charge is 0.355 e. The first-order chi connectivity index (χ1) is 10.2. The van der Waals surface area contributed by atoms with E-state index in [4.69, 9.17) is 0 Å². The van der Waals surface area contributed by atoms with Crippen molar-refractivity contribution < 1.29 is 9.59 Å². The Morgan fingerprint density at radius 2 is 2.00 bits per heavy atom. The Kier molecular flexibility index (Phi) is 7.72. The molecule has 122 valence electrons. The van der Waals surface area contributed by atoms with Gasteiger partial charge in [0.1, 0.15) is 0 Å². The molecule has 0 radical (unpaired) electrons. The number of rotatable bonds is 6.